The van der Waals surface area contributed by atoms with Gasteiger partial charge in [0.05, 0.1) is 38.9 Å². The number of H-pyrrole nitrogens is 1. The van der Waals surface area contributed by atoms with E-state index in [1.165, 1.54) is 23.0 Å². The van der Waals surface area contributed by atoms with Crippen LogP contribution in [-0.2, 0) is 10.0 Å². The number of fused-ring (bicyclic) bond motifs is 2. The van der Waals surface area contributed by atoms with E-state index in [1.807, 2.05) is 32.0 Å². The van der Waals surface area contributed by atoms with Crippen LogP contribution in [0.25, 0.3) is 27.6 Å². The Bertz CT molecular complexity index is 2000. The molecule has 9 nitrogen and oxygen atoms in total. The molecule has 6 rings (SSSR count). The SMILES string of the molecule is Cc1ccc(S(=O)(=O)n2c(C(=O)c3cnn(-c4ccc5[nH]c(C)nc5c4)c3N)cc3cc(Br)ccc32)cc1. The zero-order valence-electron chi connectivity index (χ0n) is 20.3. The minimum Gasteiger partial charge on any atom is -0.383 e. The molecule has 0 saturated heterocycles. The van der Waals surface area contributed by atoms with Crippen molar-refractivity contribution in [3.05, 3.63) is 100 Å². The number of nitrogens with two attached hydrogens (primary N) is 1. The highest BCUT2D eigenvalue weighted by atomic mass is 79.9. The van der Waals surface area contributed by atoms with Crippen LogP contribution in [0.2, 0.25) is 0 Å². The van der Waals surface area contributed by atoms with Crippen molar-refractivity contribution in [3.8, 4) is 5.69 Å². The summed E-state index contributed by atoms with van der Waals surface area (Å²) in [6, 6.07) is 18.7. The summed E-state index contributed by atoms with van der Waals surface area (Å²) < 4.78 is 30.9. The van der Waals surface area contributed by atoms with Gasteiger partial charge in [0.25, 0.3) is 10.0 Å². The molecule has 190 valence electrons. The van der Waals surface area contributed by atoms with Crippen molar-refractivity contribution < 1.29 is 13.2 Å². The molecule has 0 aliphatic heterocycles. The van der Waals surface area contributed by atoms with Crippen LogP contribution in [0.1, 0.15) is 27.4 Å². The van der Waals surface area contributed by atoms with E-state index in [0.717, 1.165) is 30.9 Å². The van der Waals surface area contributed by atoms with Crippen LogP contribution in [0.15, 0.2) is 82.3 Å². The summed E-state index contributed by atoms with van der Waals surface area (Å²) in [5, 5.41) is 4.93. The molecule has 0 bridgehead atoms. The van der Waals surface area contributed by atoms with Crippen molar-refractivity contribution in [2.75, 3.05) is 5.73 Å². The number of nitrogens with zero attached hydrogens (tertiary/aromatic N) is 4. The number of aryl methyl sites for hydroxylation is 2. The highest BCUT2D eigenvalue weighted by Gasteiger charge is 2.29. The Labute approximate surface area is 226 Å². The molecule has 3 N–H and O–H groups in total. The Morgan fingerprint density at radius 3 is 2.53 bits per heavy atom. The average molecular weight is 589 g/mol. The van der Waals surface area contributed by atoms with Crippen molar-refractivity contribution in [2.45, 2.75) is 18.7 Å². The number of nitrogen functional groups attached to an aromatic ring is 1. The molecule has 0 unspecified atom stereocenters. The van der Waals surface area contributed by atoms with Gasteiger partial charge in [-0.2, -0.15) is 5.10 Å². The number of imidazole rings is 1. The summed E-state index contributed by atoms with van der Waals surface area (Å²) in [6.07, 6.45) is 1.36. The molecule has 11 heteroatoms. The first-order chi connectivity index (χ1) is 18.1. The molecule has 0 atom stereocenters. The number of nitrogens with one attached hydrogen (secondary N) is 1. The van der Waals surface area contributed by atoms with Gasteiger partial charge in [-0.05, 0) is 68.4 Å². The van der Waals surface area contributed by atoms with Crippen LogP contribution in [0.4, 0.5) is 5.82 Å². The maximum Gasteiger partial charge on any atom is 0.268 e. The van der Waals surface area contributed by atoms with Crippen LogP contribution in [-0.4, -0.2) is 37.9 Å². The Balaban J connectivity index is 1.51. The van der Waals surface area contributed by atoms with Gasteiger partial charge in [0.1, 0.15) is 17.3 Å². The van der Waals surface area contributed by atoms with Gasteiger partial charge in [-0.1, -0.05) is 33.6 Å². The lowest BCUT2D eigenvalue weighted by molar-refractivity contribution is 0.103. The second-order valence-electron chi connectivity index (χ2n) is 9.02. The Morgan fingerprint density at radius 2 is 1.76 bits per heavy atom. The maximum atomic E-state index is 13.9. The minimum absolute atomic E-state index is 0.0386. The lowest BCUT2D eigenvalue weighted by Gasteiger charge is -2.12. The second kappa shape index (κ2) is 8.67. The molecular formula is C27H21BrN6O3S. The van der Waals surface area contributed by atoms with Crippen LogP contribution in [0.3, 0.4) is 0 Å². The van der Waals surface area contributed by atoms with Crippen molar-refractivity contribution in [2.24, 2.45) is 0 Å². The smallest absolute Gasteiger partial charge is 0.268 e. The third-order valence-electron chi connectivity index (χ3n) is 6.39. The number of rotatable bonds is 5. The predicted molar refractivity (Wildman–Crippen MR) is 149 cm³/mol. The molecule has 0 saturated carbocycles. The number of benzene rings is 3. The fourth-order valence-corrected chi connectivity index (χ4v) is 6.41. The van der Waals surface area contributed by atoms with Crippen molar-refractivity contribution >= 4 is 59.5 Å². The first-order valence-electron chi connectivity index (χ1n) is 11.6. The van der Waals surface area contributed by atoms with Crippen LogP contribution < -0.4 is 5.73 Å². The predicted octanol–water partition coefficient (Wildman–Crippen LogP) is 5.13. The number of carbonyl (C=O) groups excluding carboxylic acids is 1. The fourth-order valence-electron chi connectivity index (χ4n) is 4.52. The molecular weight excluding hydrogens is 568 g/mol. The molecule has 0 amide bonds. The Hall–Kier alpha value is -4.22. The molecule has 3 aromatic heterocycles. The molecule has 6 aromatic rings. The third kappa shape index (κ3) is 3.82. The Morgan fingerprint density at radius 1 is 1.00 bits per heavy atom. The van der Waals surface area contributed by atoms with E-state index in [9.17, 15) is 13.2 Å². The summed E-state index contributed by atoms with van der Waals surface area (Å²) in [5.41, 5.74) is 9.98. The summed E-state index contributed by atoms with van der Waals surface area (Å²) in [4.78, 5) is 21.6. The van der Waals surface area contributed by atoms with Gasteiger partial charge >= 0.3 is 0 Å². The van der Waals surface area contributed by atoms with Crippen LogP contribution in [0.5, 0.6) is 0 Å². The molecule has 0 aliphatic carbocycles. The topological polar surface area (TPSA) is 129 Å². The number of halogens is 1. The van der Waals surface area contributed by atoms with E-state index in [1.54, 1.807) is 36.4 Å². The van der Waals surface area contributed by atoms with E-state index >= 15 is 0 Å². The maximum absolute atomic E-state index is 13.9. The van der Waals surface area contributed by atoms with Crippen LogP contribution in [0, 0.1) is 13.8 Å². The van der Waals surface area contributed by atoms with E-state index in [0.29, 0.717) is 16.6 Å². The van der Waals surface area contributed by atoms with Gasteiger partial charge in [-0.3, -0.25) is 4.79 Å². The fraction of sp³-hybridized carbons (Fsp3) is 0.0741. The normalized spacial score (nSPS) is 12.0. The summed E-state index contributed by atoms with van der Waals surface area (Å²) in [6.45, 7) is 3.74. The highest BCUT2D eigenvalue weighted by molar-refractivity contribution is 9.10. The quantitative estimate of drug-likeness (QED) is 0.268. The number of carbonyl (C=O) groups is 1. The first kappa shape index (κ1) is 24.1. The average Bonchev–Trinajstić information content (AvgIpc) is 3.57. The first-order valence-corrected chi connectivity index (χ1v) is 13.8. The lowest BCUT2D eigenvalue weighted by atomic mass is 10.1. The molecule has 3 heterocycles. The molecule has 0 radical (unpaired) electrons. The molecule has 3 aromatic carbocycles. The van der Waals surface area contributed by atoms with E-state index < -0.39 is 15.8 Å². The van der Waals surface area contributed by atoms with E-state index in [2.05, 4.69) is 31.0 Å². The molecule has 0 aliphatic rings. The number of hydrogen-bond donors (Lipinski definition) is 2. The van der Waals surface area contributed by atoms with Crippen molar-refractivity contribution in [1.82, 2.24) is 23.7 Å². The summed E-state index contributed by atoms with van der Waals surface area (Å²) >= 11 is 3.43. The van der Waals surface area contributed by atoms with Crippen molar-refractivity contribution in [3.63, 3.8) is 0 Å². The zero-order valence-corrected chi connectivity index (χ0v) is 22.7. The monoisotopic (exact) mass is 588 g/mol. The minimum atomic E-state index is -4.11. The number of anilines is 1. The number of ketones is 1. The second-order valence-corrected chi connectivity index (χ2v) is 11.7. The van der Waals surface area contributed by atoms with E-state index in [-0.39, 0.29) is 22.0 Å². The summed E-state index contributed by atoms with van der Waals surface area (Å²) in [5.74, 6) is 0.302. The number of aromatic amines is 1. The van der Waals surface area contributed by atoms with E-state index in [4.69, 9.17) is 5.73 Å². The van der Waals surface area contributed by atoms with Crippen molar-refractivity contribution in [1.29, 1.82) is 0 Å². The van der Waals surface area contributed by atoms with Gasteiger partial charge in [0.15, 0.2) is 0 Å². The van der Waals surface area contributed by atoms with Gasteiger partial charge < -0.3 is 10.7 Å². The standard InChI is InChI=1S/C27H21BrN6O3S/c1-15-3-7-20(8-4-15)38(36,37)34-24-10-5-18(28)11-17(24)12-25(34)26(35)21-14-30-33(27(21)29)19-6-9-22-23(13-19)32-16(2)31-22/h3-14H,29H2,1-2H3,(H,31,32). The van der Waals surface area contributed by atoms with Gasteiger partial charge in [-0.25, -0.2) is 22.1 Å². The highest BCUT2D eigenvalue weighted by Crippen LogP contribution is 2.31. The van der Waals surface area contributed by atoms with Gasteiger partial charge in [-0.15, -0.1) is 0 Å². The Kier molecular flexibility index (Phi) is 5.51. The van der Waals surface area contributed by atoms with Crippen LogP contribution >= 0.6 is 15.9 Å². The zero-order chi connectivity index (χ0) is 26.8. The molecule has 38 heavy (non-hydrogen) atoms. The molecule has 0 fully saturated rings. The number of aromatic nitrogens is 5. The number of hydrogen-bond acceptors (Lipinski definition) is 6. The molecule has 0 spiro atoms. The van der Waals surface area contributed by atoms with Gasteiger partial charge in [0.2, 0.25) is 5.78 Å². The lowest BCUT2D eigenvalue weighted by Crippen LogP contribution is -2.19. The third-order valence-corrected chi connectivity index (χ3v) is 8.63. The largest absolute Gasteiger partial charge is 0.383 e. The summed E-state index contributed by atoms with van der Waals surface area (Å²) in [7, 11) is -4.11. The van der Waals surface area contributed by atoms with Gasteiger partial charge in [0, 0.05) is 9.86 Å².